The molecule has 4 aromatic carbocycles. The van der Waals surface area contributed by atoms with Gasteiger partial charge in [0.15, 0.2) is 0 Å². The molecule has 1 saturated heterocycles. The molecule has 238 valence electrons. The molecule has 0 aliphatic carbocycles. The third-order valence-corrected chi connectivity index (χ3v) is 9.43. The molecule has 1 amide bonds. The standard InChI is InChI=1S/C35H28Cl2N4O5S/c1-2-46-35(43)18-7-23-3-8-25(9-4-23)26-10-5-24(6-11-26)19-33-38-32(30-17-12-27(36)20-31(30)37)21-40(33)28-13-15-29(16-14-28)41-22-34(42)39-47(41,44)45/h3-18,20-21H,2,19,22H2,1H3,(H,39,42). The van der Waals surface area contributed by atoms with Gasteiger partial charge in [0.2, 0.25) is 0 Å². The fourth-order valence-corrected chi connectivity index (χ4v) is 6.84. The van der Waals surface area contributed by atoms with Crippen molar-refractivity contribution >= 4 is 57.1 Å². The van der Waals surface area contributed by atoms with Crippen LogP contribution in [0.5, 0.6) is 0 Å². The van der Waals surface area contributed by atoms with Crippen LogP contribution in [0.15, 0.2) is 103 Å². The van der Waals surface area contributed by atoms with E-state index < -0.39 is 16.1 Å². The summed E-state index contributed by atoms with van der Waals surface area (Å²) >= 11 is 12.7. The summed E-state index contributed by atoms with van der Waals surface area (Å²) < 4.78 is 34.6. The van der Waals surface area contributed by atoms with Crippen LogP contribution in [0.1, 0.15) is 23.9 Å². The van der Waals surface area contributed by atoms with E-state index in [0.717, 1.165) is 43.6 Å². The first kappa shape index (κ1) is 32.1. The summed E-state index contributed by atoms with van der Waals surface area (Å²) in [5, 5.41) is 0.980. The van der Waals surface area contributed by atoms with E-state index in [2.05, 4.69) is 0 Å². The van der Waals surface area contributed by atoms with E-state index in [-0.39, 0.29) is 12.5 Å². The summed E-state index contributed by atoms with van der Waals surface area (Å²) in [7, 11) is -3.92. The quantitative estimate of drug-likeness (QED) is 0.134. The molecule has 12 heteroatoms. The Hall–Kier alpha value is -4.90. The minimum atomic E-state index is -3.92. The molecule has 1 aliphatic rings. The number of nitrogens with zero attached hydrogens (tertiary/aromatic N) is 3. The Morgan fingerprint density at radius 2 is 1.60 bits per heavy atom. The number of esters is 1. The van der Waals surface area contributed by atoms with Gasteiger partial charge in [-0.2, -0.15) is 8.42 Å². The fraction of sp³-hybridized carbons (Fsp3) is 0.114. The van der Waals surface area contributed by atoms with Gasteiger partial charge in [0.1, 0.15) is 12.4 Å². The average Bonchev–Trinajstić information content (AvgIpc) is 3.59. The van der Waals surface area contributed by atoms with Gasteiger partial charge in [0.05, 0.1) is 23.0 Å². The van der Waals surface area contributed by atoms with Gasteiger partial charge in [0, 0.05) is 35.0 Å². The van der Waals surface area contributed by atoms with Crippen LogP contribution < -0.4 is 9.03 Å². The molecule has 1 aliphatic heterocycles. The second kappa shape index (κ2) is 13.4. The molecular weight excluding hydrogens is 659 g/mol. The number of hydrogen-bond acceptors (Lipinski definition) is 6. The van der Waals surface area contributed by atoms with Crippen LogP contribution >= 0.6 is 23.2 Å². The maximum absolute atomic E-state index is 12.3. The van der Waals surface area contributed by atoms with E-state index in [9.17, 15) is 18.0 Å². The summed E-state index contributed by atoms with van der Waals surface area (Å²) in [6.07, 6.45) is 5.50. The highest BCUT2D eigenvalue weighted by atomic mass is 35.5. The minimum absolute atomic E-state index is 0.274. The molecular formula is C35H28Cl2N4O5S. The Bertz CT molecular complexity index is 2090. The summed E-state index contributed by atoms with van der Waals surface area (Å²) in [6.45, 7) is 1.83. The zero-order chi connectivity index (χ0) is 33.1. The number of benzene rings is 4. The van der Waals surface area contributed by atoms with Gasteiger partial charge < -0.3 is 9.30 Å². The summed E-state index contributed by atoms with van der Waals surface area (Å²) in [5.41, 5.74) is 6.46. The fourth-order valence-electron chi connectivity index (χ4n) is 5.19. The van der Waals surface area contributed by atoms with Crippen LogP contribution in [0.4, 0.5) is 5.69 Å². The van der Waals surface area contributed by atoms with Crippen LogP contribution in [0.3, 0.4) is 0 Å². The lowest BCUT2D eigenvalue weighted by atomic mass is 10.0. The summed E-state index contributed by atoms with van der Waals surface area (Å²) in [5.74, 6) is -0.224. The van der Waals surface area contributed by atoms with Gasteiger partial charge in [-0.3, -0.25) is 4.79 Å². The Morgan fingerprint density at radius 1 is 0.936 bits per heavy atom. The van der Waals surface area contributed by atoms with Gasteiger partial charge >= 0.3 is 16.2 Å². The average molecular weight is 688 g/mol. The third kappa shape index (κ3) is 7.25. The lowest BCUT2D eigenvalue weighted by Crippen LogP contribution is -2.29. The highest BCUT2D eigenvalue weighted by Gasteiger charge is 2.33. The largest absolute Gasteiger partial charge is 0.463 e. The molecule has 1 aromatic heterocycles. The van der Waals surface area contributed by atoms with E-state index in [1.54, 1.807) is 49.4 Å². The van der Waals surface area contributed by atoms with Crippen LogP contribution in [-0.4, -0.2) is 43.0 Å². The van der Waals surface area contributed by atoms with Crippen molar-refractivity contribution < 1.29 is 22.7 Å². The predicted molar refractivity (Wildman–Crippen MR) is 184 cm³/mol. The van der Waals surface area contributed by atoms with E-state index in [0.29, 0.717) is 34.5 Å². The number of imidazole rings is 1. The highest BCUT2D eigenvalue weighted by Crippen LogP contribution is 2.32. The zero-order valence-electron chi connectivity index (χ0n) is 25.1. The van der Waals surface area contributed by atoms with Crippen LogP contribution in [0.25, 0.3) is 34.1 Å². The molecule has 9 nitrogen and oxygen atoms in total. The third-order valence-electron chi connectivity index (χ3n) is 7.48. The van der Waals surface area contributed by atoms with Crippen LogP contribution in [-0.2, 0) is 31.0 Å². The molecule has 0 bridgehead atoms. The lowest BCUT2D eigenvalue weighted by molar-refractivity contribution is -0.137. The maximum Gasteiger partial charge on any atom is 0.330 e. The summed E-state index contributed by atoms with van der Waals surface area (Å²) in [4.78, 5) is 28.3. The van der Waals surface area contributed by atoms with Crippen molar-refractivity contribution in [3.8, 4) is 28.1 Å². The number of nitrogens with one attached hydrogen (secondary N) is 1. The van der Waals surface area contributed by atoms with Crippen molar-refractivity contribution in [1.82, 2.24) is 14.3 Å². The van der Waals surface area contributed by atoms with Crippen LogP contribution in [0, 0.1) is 0 Å². The number of aromatic nitrogens is 2. The second-order valence-corrected chi connectivity index (χ2v) is 13.1. The van der Waals surface area contributed by atoms with Gasteiger partial charge in [0.25, 0.3) is 5.91 Å². The van der Waals surface area contributed by atoms with Crippen molar-refractivity contribution in [2.45, 2.75) is 13.3 Å². The molecule has 0 saturated carbocycles. The number of amides is 1. The molecule has 1 N–H and O–H groups in total. The van der Waals surface area contributed by atoms with Crippen LogP contribution in [0.2, 0.25) is 10.0 Å². The van der Waals surface area contributed by atoms with Gasteiger partial charge in [-0.15, -0.1) is 0 Å². The first-order valence-corrected chi connectivity index (χ1v) is 16.8. The second-order valence-electron chi connectivity index (χ2n) is 10.7. The smallest absolute Gasteiger partial charge is 0.330 e. The molecule has 6 rings (SSSR count). The Labute approximate surface area is 282 Å². The number of ether oxygens (including phenoxy) is 1. The molecule has 1 fully saturated rings. The van der Waals surface area contributed by atoms with Crippen molar-refractivity contribution in [3.05, 3.63) is 130 Å². The Morgan fingerprint density at radius 3 is 2.21 bits per heavy atom. The molecule has 2 heterocycles. The monoisotopic (exact) mass is 686 g/mol. The van der Waals surface area contributed by atoms with Crippen molar-refractivity contribution in [2.24, 2.45) is 0 Å². The number of hydrogen-bond donors (Lipinski definition) is 1. The number of carbonyl (C=O) groups excluding carboxylic acids is 2. The molecule has 0 atom stereocenters. The van der Waals surface area contributed by atoms with E-state index in [4.69, 9.17) is 32.9 Å². The van der Waals surface area contributed by atoms with E-state index >= 15 is 0 Å². The maximum atomic E-state index is 12.3. The number of halogens is 2. The first-order valence-electron chi connectivity index (χ1n) is 14.6. The first-order chi connectivity index (χ1) is 22.6. The predicted octanol–water partition coefficient (Wildman–Crippen LogP) is 6.86. The lowest BCUT2D eigenvalue weighted by Gasteiger charge is -2.15. The van der Waals surface area contributed by atoms with E-state index in [1.807, 2.05) is 70.1 Å². The minimum Gasteiger partial charge on any atom is -0.463 e. The molecule has 0 radical (unpaired) electrons. The molecule has 47 heavy (non-hydrogen) atoms. The van der Waals surface area contributed by atoms with Gasteiger partial charge in [-0.1, -0.05) is 71.7 Å². The number of carbonyl (C=O) groups is 2. The van der Waals surface area contributed by atoms with Crippen molar-refractivity contribution in [3.63, 3.8) is 0 Å². The Kier molecular flexibility index (Phi) is 9.17. The normalized spacial score (nSPS) is 14.0. The van der Waals surface area contributed by atoms with E-state index in [1.165, 1.54) is 6.08 Å². The number of rotatable bonds is 9. The zero-order valence-corrected chi connectivity index (χ0v) is 27.4. The summed E-state index contributed by atoms with van der Waals surface area (Å²) in [6, 6.07) is 28.2. The topological polar surface area (TPSA) is 111 Å². The SMILES string of the molecule is CCOC(=O)C=Cc1ccc(-c2ccc(Cc3nc(-c4ccc(Cl)cc4Cl)cn3-c3ccc(N4CC(=O)NS4(=O)=O)cc3)cc2)cc1. The highest BCUT2D eigenvalue weighted by molar-refractivity contribution is 7.92. The number of anilines is 1. The molecule has 0 spiro atoms. The van der Waals surface area contributed by atoms with Gasteiger partial charge in [-0.25, -0.2) is 18.8 Å². The van der Waals surface area contributed by atoms with Crippen molar-refractivity contribution in [1.29, 1.82) is 0 Å². The van der Waals surface area contributed by atoms with Crippen molar-refractivity contribution in [2.75, 3.05) is 17.5 Å². The van der Waals surface area contributed by atoms with Gasteiger partial charge in [-0.05, 0) is 77.7 Å². The molecule has 5 aromatic rings. The Balaban J connectivity index is 1.27. The molecule has 0 unspecified atom stereocenters.